The van der Waals surface area contributed by atoms with Crippen molar-refractivity contribution in [3.8, 4) is 11.5 Å². The van der Waals surface area contributed by atoms with E-state index in [0.29, 0.717) is 0 Å². The van der Waals surface area contributed by atoms with E-state index in [1.54, 1.807) is 0 Å². The summed E-state index contributed by atoms with van der Waals surface area (Å²) >= 11 is 10.4. The van der Waals surface area contributed by atoms with E-state index in [-0.39, 0.29) is 0 Å². The second-order valence-electron chi connectivity index (χ2n) is 3.90. The molecule has 0 aliphatic rings. The Morgan fingerprint density at radius 3 is 2.22 bits per heavy atom. The van der Waals surface area contributed by atoms with Crippen LogP contribution in [0.4, 0.5) is 0 Å². The van der Waals surface area contributed by atoms with Gasteiger partial charge in [-0.2, -0.15) is 0 Å². The minimum absolute atomic E-state index is 0.825. The highest BCUT2D eigenvalue weighted by molar-refractivity contribution is 9.11. The third-order valence-electron chi connectivity index (χ3n) is 2.53. The van der Waals surface area contributed by atoms with Gasteiger partial charge in [0.1, 0.15) is 11.5 Å². The number of rotatable bonds is 3. The van der Waals surface area contributed by atoms with Crippen LogP contribution < -0.4 is 4.74 Å². The van der Waals surface area contributed by atoms with E-state index in [1.165, 1.54) is 5.56 Å². The van der Waals surface area contributed by atoms with Gasteiger partial charge in [-0.25, -0.2) is 0 Å². The van der Waals surface area contributed by atoms with Crippen molar-refractivity contribution in [2.45, 2.75) is 12.3 Å². The van der Waals surface area contributed by atoms with Crippen molar-refractivity contribution in [3.63, 3.8) is 0 Å². The van der Waals surface area contributed by atoms with E-state index in [2.05, 4.69) is 47.8 Å². The number of halogens is 3. The summed E-state index contributed by atoms with van der Waals surface area (Å²) < 4.78 is 7.96. The minimum Gasteiger partial charge on any atom is -0.457 e. The molecule has 0 atom stereocenters. The van der Waals surface area contributed by atoms with Gasteiger partial charge in [0.05, 0.1) is 0 Å². The average molecular weight is 435 g/mol. The quantitative estimate of drug-likeness (QED) is 0.522. The highest BCUT2D eigenvalue weighted by Crippen LogP contribution is 2.30. The van der Waals surface area contributed by atoms with Crippen LogP contribution in [0.15, 0.2) is 45.3 Å². The molecule has 0 aliphatic heterocycles. The highest BCUT2D eigenvalue weighted by atomic mass is 79.9. The van der Waals surface area contributed by atoms with Crippen LogP contribution in [0.25, 0.3) is 0 Å². The summed E-state index contributed by atoms with van der Waals surface area (Å²) in [7, 11) is 0. The number of aryl methyl sites for hydroxylation is 1. The third-order valence-corrected chi connectivity index (χ3v) is 4.77. The first-order valence-corrected chi connectivity index (χ1v) is 8.09. The molecule has 94 valence electrons. The predicted molar refractivity (Wildman–Crippen MR) is 85.7 cm³/mol. The van der Waals surface area contributed by atoms with Crippen molar-refractivity contribution in [2.75, 3.05) is 0 Å². The molecule has 0 N–H and O–H groups in total. The molecule has 0 aromatic heterocycles. The van der Waals surface area contributed by atoms with Crippen LogP contribution >= 0.6 is 47.8 Å². The molecule has 0 bridgehead atoms. The van der Waals surface area contributed by atoms with Gasteiger partial charge in [0.2, 0.25) is 0 Å². The van der Waals surface area contributed by atoms with E-state index in [4.69, 9.17) is 4.74 Å². The van der Waals surface area contributed by atoms with E-state index < -0.39 is 0 Å². The van der Waals surface area contributed by atoms with Gasteiger partial charge in [0.25, 0.3) is 0 Å². The van der Waals surface area contributed by atoms with Crippen molar-refractivity contribution in [2.24, 2.45) is 0 Å². The maximum absolute atomic E-state index is 5.83. The van der Waals surface area contributed by atoms with E-state index in [1.807, 2.05) is 43.3 Å². The lowest BCUT2D eigenvalue weighted by Gasteiger charge is -2.09. The van der Waals surface area contributed by atoms with Crippen LogP contribution in [0.3, 0.4) is 0 Å². The summed E-state index contributed by atoms with van der Waals surface area (Å²) in [6, 6.07) is 11.9. The van der Waals surface area contributed by atoms with Gasteiger partial charge >= 0.3 is 0 Å². The molecule has 0 spiro atoms. The molecule has 2 aromatic rings. The Kier molecular flexibility index (Phi) is 4.87. The SMILES string of the molecule is Cc1cc(Oc2ccc(CBr)c(Br)c2)ccc1Br. The Bertz CT molecular complexity index is 567. The van der Waals surface area contributed by atoms with Gasteiger partial charge < -0.3 is 4.74 Å². The van der Waals surface area contributed by atoms with E-state index >= 15 is 0 Å². The topological polar surface area (TPSA) is 9.23 Å². The first-order chi connectivity index (χ1) is 8.60. The molecule has 0 heterocycles. The predicted octanol–water partition coefficient (Wildman–Crippen LogP) is 6.21. The Hall–Kier alpha value is -0.320. The minimum atomic E-state index is 0.825. The Morgan fingerprint density at radius 2 is 1.61 bits per heavy atom. The molecule has 0 saturated heterocycles. The summed E-state index contributed by atoms with van der Waals surface area (Å²) in [5.74, 6) is 1.67. The molecule has 0 radical (unpaired) electrons. The second kappa shape index (κ2) is 6.22. The largest absolute Gasteiger partial charge is 0.457 e. The zero-order valence-corrected chi connectivity index (χ0v) is 14.5. The summed E-state index contributed by atoms with van der Waals surface area (Å²) in [6.45, 7) is 2.04. The second-order valence-corrected chi connectivity index (χ2v) is 6.17. The summed E-state index contributed by atoms with van der Waals surface area (Å²) in [5.41, 5.74) is 2.36. The number of hydrogen-bond acceptors (Lipinski definition) is 1. The maximum Gasteiger partial charge on any atom is 0.128 e. The molecule has 0 unspecified atom stereocenters. The molecule has 0 aliphatic carbocycles. The molecule has 0 saturated carbocycles. The van der Waals surface area contributed by atoms with Crippen LogP contribution in [0.5, 0.6) is 11.5 Å². The summed E-state index contributed by atoms with van der Waals surface area (Å²) in [6.07, 6.45) is 0. The van der Waals surface area contributed by atoms with Crippen molar-refractivity contribution in [3.05, 3.63) is 56.5 Å². The summed E-state index contributed by atoms with van der Waals surface area (Å²) in [4.78, 5) is 0. The van der Waals surface area contributed by atoms with Gasteiger partial charge in [-0.1, -0.05) is 53.9 Å². The first-order valence-electron chi connectivity index (χ1n) is 5.38. The number of hydrogen-bond donors (Lipinski definition) is 0. The molecule has 0 fully saturated rings. The lowest BCUT2D eigenvalue weighted by molar-refractivity contribution is 0.481. The Balaban J connectivity index is 2.23. The fraction of sp³-hybridized carbons (Fsp3) is 0.143. The third kappa shape index (κ3) is 3.37. The monoisotopic (exact) mass is 432 g/mol. The van der Waals surface area contributed by atoms with Gasteiger partial charge in [-0.3, -0.25) is 0 Å². The van der Waals surface area contributed by atoms with Crippen LogP contribution in [-0.2, 0) is 5.33 Å². The molecule has 4 heteroatoms. The van der Waals surface area contributed by atoms with E-state index in [0.717, 1.165) is 31.3 Å². The van der Waals surface area contributed by atoms with Gasteiger partial charge in [0, 0.05) is 14.3 Å². The molecular weight excluding hydrogens is 424 g/mol. The van der Waals surface area contributed by atoms with Gasteiger partial charge in [-0.15, -0.1) is 0 Å². The number of benzene rings is 2. The zero-order chi connectivity index (χ0) is 13.1. The molecule has 2 rings (SSSR count). The first kappa shape index (κ1) is 14.1. The standard InChI is InChI=1S/C14H11Br3O/c1-9-6-11(4-5-13(9)16)18-12-3-2-10(8-15)14(17)7-12/h2-7H,8H2,1H3. The number of ether oxygens (including phenoxy) is 1. The van der Waals surface area contributed by atoms with Gasteiger partial charge in [-0.05, 0) is 48.4 Å². The fourth-order valence-corrected chi connectivity index (χ4v) is 3.13. The van der Waals surface area contributed by atoms with Crippen LogP contribution in [-0.4, -0.2) is 0 Å². The fourth-order valence-electron chi connectivity index (χ4n) is 1.52. The summed E-state index contributed by atoms with van der Waals surface area (Å²) in [5, 5.41) is 0.825. The van der Waals surface area contributed by atoms with Crippen LogP contribution in [0.2, 0.25) is 0 Å². The maximum atomic E-state index is 5.83. The number of alkyl halides is 1. The van der Waals surface area contributed by atoms with Crippen molar-refractivity contribution in [1.82, 2.24) is 0 Å². The molecule has 1 nitrogen and oxygen atoms in total. The van der Waals surface area contributed by atoms with Gasteiger partial charge in [0.15, 0.2) is 0 Å². The highest BCUT2D eigenvalue weighted by Gasteiger charge is 2.03. The van der Waals surface area contributed by atoms with Crippen molar-refractivity contribution < 1.29 is 4.74 Å². The Labute approximate surface area is 132 Å². The lowest BCUT2D eigenvalue weighted by Crippen LogP contribution is -1.87. The molecule has 18 heavy (non-hydrogen) atoms. The van der Waals surface area contributed by atoms with Crippen LogP contribution in [0, 0.1) is 6.92 Å². The molecular formula is C14H11Br3O. The zero-order valence-electron chi connectivity index (χ0n) is 9.71. The normalized spacial score (nSPS) is 10.4. The van der Waals surface area contributed by atoms with Crippen molar-refractivity contribution >= 4 is 47.8 Å². The average Bonchev–Trinajstić information content (AvgIpc) is 2.34. The molecule has 2 aromatic carbocycles. The van der Waals surface area contributed by atoms with Crippen LogP contribution in [0.1, 0.15) is 11.1 Å². The van der Waals surface area contributed by atoms with E-state index in [9.17, 15) is 0 Å². The lowest BCUT2D eigenvalue weighted by atomic mass is 10.2. The van der Waals surface area contributed by atoms with Crippen molar-refractivity contribution in [1.29, 1.82) is 0 Å². The smallest absolute Gasteiger partial charge is 0.128 e. The Morgan fingerprint density at radius 1 is 0.944 bits per heavy atom. The molecule has 0 amide bonds.